The monoisotopic (exact) mass is 239 g/mol. The van der Waals surface area contributed by atoms with Gasteiger partial charge in [0.1, 0.15) is 6.04 Å². The maximum atomic E-state index is 11.2. The van der Waals surface area contributed by atoms with Crippen LogP contribution in [0.1, 0.15) is 11.5 Å². The third-order valence-corrected chi connectivity index (χ3v) is 2.60. The maximum Gasteiger partial charge on any atom is 0.322 e. The third-order valence-electron chi connectivity index (χ3n) is 2.60. The molecule has 1 aromatic rings. The Morgan fingerprint density at radius 2 is 2.53 bits per heavy atom. The molecule has 1 saturated heterocycles. The number of aryl methyl sites for hydroxylation is 1. The van der Waals surface area contributed by atoms with Gasteiger partial charge in [-0.25, -0.2) is 0 Å². The number of carboxylic acid groups (broad SMARTS) is 1. The normalized spacial score (nSPS) is 21.2. The van der Waals surface area contributed by atoms with Crippen molar-refractivity contribution in [2.24, 2.45) is 0 Å². The number of amides is 1. The van der Waals surface area contributed by atoms with E-state index >= 15 is 0 Å². The molecule has 92 valence electrons. The Hall–Kier alpha value is -1.89. The molecule has 2 heterocycles. The molecule has 0 saturated carbocycles. The van der Waals surface area contributed by atoms with Gasteiger partial charge in [0.25, 0.3) is 0 Å². The standard InChI is InChI=1S/C10H13N3O4/c1-6-2-7(17-12-6)4-13-5-9(14)11-3-8(13)10(15)16/h2,8H,3-5H2,1H3,(H,11,14)(H,15,16). The van der Waals surface area contributed by atoms with Crippen LogP contribution < -0.4 is 5.32 Å². The smallest absolute Gasteiger partial charge is 0.322 e. The highest BCUT2D eigenvalue weighted by atomic mass is 16.5. The molecule has 0 aromatic carbocycles. The van der Waals surface area contributed by atoms with Crippen LogP contribution in [-0.2, 0) is 16.1 Å². The Labute approximate surface area is 97.4 Å². The Morgan fingerprint density at radius 3 is 3.12 bits per heavy atom. The number of aliphatic carboxylic acids is 1. The van der Waals surface area contributed by atoms with E-state index in [1.807, 2.05) is 0 Å². The van der Waals surface area contributed by atoms with Gasteiger partial charge in [0.15, 0.2) is 5.76 Å². The topological polar surface area (TPSA) is 95.7 Å². The Morgan fingerprint density at radius 1 is 1.76 bits per heavy atom. The summed E-state index contributed by atoms with van der Waals surface area (Å²) in [5.41, 5.74) is 0.730. The van der Waals surface area contributed by atoms with Crippen LogP contribution in [0.15, 0.2) is 10.6 Å². The summed E-state index contributed by atoms with van der Waals surface area (Å²) in [5.74, 6) is -0.580. The fourth-order valence-electron chi connectivity index (χ4n) is 1.79. The van der Waals surface area contributed by atoms with Crippen molar-refractivity contribution in [3.8, 4) is 0 Å². The van der Waals surface area contributed by atoms with Crippen molar-refractivity contribution in [1.82, 2.24) is 15.4 Å². The van der Waals surface area contributed by atoms with Crippen LogP contribution in [0.4, 0.5) is 0 Å². The zero-order valence-electron chi connectivity index (χ0n) is 9.34. The zero-order valence-corrected chi connectivity index (χ0v) is 9.34. The molecule has 1 unspecified atom stereocenters. The SMILES string of the molecule is Cc1cc(CN2CC(=O)NCC2C(=O)O)on1. The number of carboxylic acids is 1. The summed E-state index contributed by atoms with van der Waals surface area (Å²) in [5, 5.41) is 15.3. The summed E-state index contributed by atoms with van der Waals surface area (Å²) in [7, 11) is 0. The van der Waals surface area contributed by atoms with E-state index < -0.39 is 12.0 Å². The Bertz CT molecular complexity index is 443. The first-order valence-corrected chi connectivity index (χ1v) is 5.22. The van der Waals surface area contributed by atoms with Crippen molar-refractivity contribution in [1.29, 1.82) is 0 Å². The third kappa shape index (κ3) is 2.62. The predicted octanol–water partition coefficient (Wildman–Crippen LogP) is -0.632. The van der Waals surface area contributed by atoms with E-state index in [1.54, 1.807) is 17.9 Å². The summed E-state index contributed by atoms with van der Waals surface area (Å²) < 4.78 is 5.01. The van der Waals surface area contributed by atoms with E-state index in [4.69, 9.17) is 9.63 Å². The second-order valence-corrected chi connectivity index (χ2v) is 4.00. The lowest BCUT2D eigenvalue weighted by Crippen LogP contribution is -2.56. The van der Waals surface area contributed by atoms with Crippen molar-refractivity contribution in [2.75, 3.05) is 13.1 Å². The lowest BCUT2D eigenvalue weighted by molar-refractivity contribution is -0.146. The van der Waals surface area contributed by atoms with Crippen LogP contribution in [0.3, 0.4) is 0 Å². The number of hydrogen-bond donors (Lipinski definition) is 2. The second-order valence-electron chi connectivity index (χ2n) is 4.00. The molecule has 1 aliphatic heterocycles. The summed E-state index contributed by atoms with van der Waals surface area (Å²) >= 11 is 0. The van der Waals surface area contributed by atoms with Gasteiger partial charge in [0, 0.05) is 12.6 Å². The second kappa shape index (κ2) is 4.54. The first kappa shape index (κ1) is 11.6. The highest BCUT2D eigenvalue weighted by molar-refractivity contribution is 5.83. The molecule has 0 radical (unpaired) electrons. The molecule has 0 spiro atoms. The molecule has 2 rings (SSSR count). The first-order chi connectivity index (χ1) is 8.06. The molecule has 2 N–H and O–H groups in total. The van der Waals surface area contributed by atoms with Crippen molar-refractivity contribution in [2.45, 2.75) is 19.5 Å². The quantitative estimate of drug-likeness (QED) is 0.729. The minimum atomic E-state index is -0.957. The first-order valence-electron chi connectivity index (χ1n) is 5.22. The lowest BCUT2D eigenvalue weighted by Gasteiger charge is -2.31. The van der Waals surface area contributed by atoms with Gasteiger partial charge in [-0.15, -0.1) is 0 Å². The largest absolute Gasteiger partial charge is 0.480 e. The number of carbonyl (C=O) groups is 2. The van der Waals surface area contributed by atoms with Gasteiger partial charge >= 0.3 is 5.97 Å². The van der Waals surface area contributed by atoms with Crippen molar-refractivity contribution < 1.29 is 19.2 Å². The molecule has 7 nitrogen and oxygen atoms in total. The fourth-order valence-corrected chi connectivity index (χ4v) is 1.79. The van der Waals surface area contributed by atoms with Crippen LogP contribution in [0.5, 0.6) is 0 Å². The highest BCUT2D eigenvalue weighted by Crippen LogP contribution is 2.11. The van der Waals surface area contributed by atoms with Crippen molar-refractivity contribution >= 4 is 11.9 Å². The molecule has 0 aliphatic carbocycles. The zero-order chi connectivity index (χ0) is 12.4. The van der Waals surface area contributed by atoms with Crippen molar-refractivity contribution in [3.05, 3.63) is 17.5 Å². The van der Waals surface area contributed by atoms with E-state index in [0.29, 0.717) is 5.76 Å². The minimum Gasteiger partial charge on any atom is -0.480 e. The Balaban J connectivity index is 2.09. The molecule has 17 heavy (non-hydrogen) atoms. The molecule has 1 aliphatic rings. The van der Waals surface area contributed by atoms with Gasteiger partial charge in [-0.3, -0.25) is 14.5 Å². The van der Waals surface area contributed by atoms with Gasteiger partial charge in [0.2, 0.25) is 5.91 Å². The van der Waals surface area contributed by atoms with Gasteiger partial charge < -0.3 is 14.9 Å². The molecular formula is C10H13N3O4. The molecule has 1 aromatic heterocycles. The van der Waals surface area contributed by atoms with E-state index in [-0.39, 0.29) is 25.5 Å². The van der Waals surface area contributed by atoms with Crippen LogP contribution in [-0.4, -0.2) is 46.2 Å². The minimum absolute atomic E-state index is 0.0523. The summed E-state index contributed by atoms with van der Waals surface area (Å²) in [6.07, 6.45) is 0. The van der Waals surface area contributed by atoms with Gasteiger partial charge in [-0.1, -0.05) is 5.16 Å². The number of nitrogens with zero attached hydrogens (tertiary/aromatic N) is 2. The fraction of sp³-hybridized carbons (Fsp3) is 0.500. The van der Waals surface area contributed by atoms with Gasteiger partial charge in [-0.2, -0.15) is 0 Å². The summed E-state index contributed by atoms with van der Waals surface area (Å²) in [6.45, 7) is 2.22. The van der Waals surface area contributed by atoms with Crippen molar-refractivity contribution in [3.63, 3.8) is 0 Å². The number of piperazine rings is 1. The number of carbonyl (C=O) groups excluding carboxylic acids is 1. The predicted molar refractivity (Wildman–Crippen MR) is 56.1 cm³/mol. The molecule has 0 bridgehead atoms. The van der Waals surface area contributed by atoms with E-state index in [0.717, 1.165) is 5.69 Å². The lowest BCUT2D eigenvalue weighted by atomic mass is 10.2. The van der Waals surface area contributed by atoms with Crippen LogP contribution >= 0.6 is 0 Å². The number of rotatable bonds is 3. The highest BCUT2D eigenvalue weighted by Gasteiger charge is 2.32. The maximum absolute atomic E-state index is 11.2. The average Bonchev–Trinajstić information content (AvgIpc) is 2.63. The summed E-state index contributed by atoms with van der Waals surface area (Å²) in [6, 6.07) is 1.00. The van der Waals surface area contributed by atoms with E-state index in [1.165, 1.54) is 0 Å². The van der Waals surface area contributed by atoms with Crippen LogP contribution in [0.2, 0.25) is 0 Å². The molecular weight excluding hydrogens is 226 g/mol. The molecule has 7 heteroatoms. The average molecular weight is 239 g/mol. The van der Waals surface area contributed by atoms with Crippen LogP contribution in [0.25, 0.3) is 0 Å². The number of nitrogens with one attached hydrogen (secondary N) is 1. The van der Waals surface area contributed by atoms with Crippen LogP contribution in [0, 0.1) is 6.92 Å². The summed E-state index contributed by atoms with van der Waals surface area (Å²) in [4.78, 5) is 23.8. The Kier molecular flexibility index (Phi) is 3.10. The van der Waals surface area contributed by atoms with E-state index in [2.05, 4.69) is 10.5 Å². The molecule has 1 fully saturated rings. The van der Waals surface area contributed by atoms with E-state index in [9.17, 15) is 9.59 Å². The number of aromatic nitrogens is 1. The molecule has 1 amide bonds. The van der Waals surface area contributed by atoms with Gasteiger partial charge in [-0.05, 0) is 6.92 Å². The van der Waals surface area contributed by atoms with Gasteiger partial charge in [0.05, 0.1) is 18.8 Å². The molecule has 1 atom stereocenters. The number of hydrogen-bond acceptors (Lipinski definition) is 5.